The number of hydrogen-bond donors (Lipinski definition) is 2. The molecule has 0 fully saturated rings. The Kier molecular flexibility index (Phi) is 6.09. The van der Waals surface area contributed by atoms with Crippen LogP contribution < -0.4 is 15.0 Å². The van der Waals surface area contributed by atoms with Crippen molar-refractivity contribution in [3.05, 3.63) is 76.8 Å². The fourth-order valence-electron chi connectivity index (χ4n) is 3.60. The van der Waals surface area contributed by atoms with Crippen molar-refractivity contribution < 1.29 is 4.74 Å². The highest BCUT2D eigenvalue weighted by Crippen LogP contribution is 2.39. The summed E-state index contributed by atoms with van der Waals surface area (Å²) in [6, 6.07) is 16.2. The van der Waals surface area contributed by atoms with Crippen molar-refractivity contribution in [2.24, 2.45) is 7.05 Å². The number of aryl methyl sites for hydroxylation is 1. The number of rotatable bonds is 7. The van der Waals surface area contributed by atoms with Crippen molar-refractivity contribution in [2.75, 3.05) is 10.5 Å². The summed E-state index contributed by atoms with van der Waals surface area (Å²) in [4.78, 5) is 15.6. The Hall–Kier alpha value is -3.12. The normalized spacial score (nSPS) is 11.3. The fourth-order valence-corrected chi connectivity index (χ4v) is 4.03. The average Bonchev–Trinajstić information content (AvgIpc) is 3.26. The van der Waals surface area contributed by atoms with E-state index in [1.807, 2.05) is 36.5 Å². The first kappa shape index (κ1) is 21.1. The first-order valence-electron chi connectivity index (χ1n) is 10.4. The summed E-state index contributed by atoms with van der Waals surface area (Å²) in [7, 11) is 1.77. The van der Waals surface area contributed by atoms with E-state index in [2.05, 4.69) is 48.7 Å². The van der Waals surface area contributed by atoms with Crippen LogP contribution in [0.3, 0.4) is 0 Å². The Bertz CT molecular complexity index is 1270. The average molecular weight is 434 g/mol. The lowest BCUT2D eigenvalue weighted by Crippen LogP contribution is -2.16. The maximum Gasteiger partial charge on any atom is 0.274 e. The first-order chi connectivity index (χ1) is 15.0. The summed E-state index contributed by atoms with van der Waals surface area (Å²) in [5.74, 6) is 2.92. The third-order valence-electron chi connectivity index (χ3n) is 5.25. The zero-order valence-corrected chi connectivity index (χ0v) is 19.0. The Labute approximate surface area is 186 Å². The topological polar surface area (TPSA) is 59.0 Å². The summed E-state index contributed by atoms with van der Waals surface area (Å²) in [6.45, 7) is 6.45. The summed E-state index contributed by atoms with van der Waals surface area (Å²) in [5.41, 5.74) is 4.63. The zero-order valence-electron chi connectivity index (χ0n) is 18.2. The second-order valence-electron chi connectivity index (χ2n) is 7.80. The molecule has 5 nitrogen and oxygen atoms in total. The van der Waals surface area contributed by atoms with Gasteiger partial charge in [-0.05, 0) is 47.9 Å². The molecule has 2 aromatic heterocycles. The molecule has 0 aliphatic rings. The van der Waals surface area contributed by atoms with Crippen molar-refractivity contribution in [3.8, 4) is 22.6 Å². The van der Waals surface area contributed by atoms with Crippen LogP contribution in [-0.4, -0.2) is 15.3 Å². The molecule has 0 unspecified atom stereocenters. The molecule has 0 aliphatic heterocycles. The van der Waals surface area contributed by atoms with Crippen LogP contribution in [0.2, 0.25) is 0 Å². The zero-order chi connectivity index (χ0) is 22.0. The second kappa shape index (κ2) is 8.94. The van der Waals surface area contributed by atoms with E-state index in [0.29, 0.717) is 11.4 Å². The molecule has 2 heterocycles. The quantitative estimate of drug-likeness (QED) is 0.325. The lowest BCUT2D eigenvalue weighted by Gasteiger charge is -2.16. The van der Waals surface area contributed by atoms with Crippen molar-refractivity contribution in [2.45, 2.75) is 26.7 Å². The van der Waals surface area contributed by atoms with E-state index in [0.717, 1.165) is 39.5 Å². The van der Waals surface area contributed by atoms with E-state index in [-0.39, 0.29) is 5.56 Å². The van der Waals surface area contributed by atoms with Crippen LogP contribution in [0, 0.1) is 0 Å². The van der Waals surface area contributed by atoms with Gasteiger partial charge in [-0.2, -0.15) is 0 Å². The largest absolute Gasteiger partial charge is 0.457 e. The summed E-state index contributed by atoms with van der Waals surface area (Å²) >= 11 is 1.64. The van der Waals surface area contributed by atoms with Gasteiger partial charge < -0.3 is 19.0 Å². The van der Waals surface area contributed by atoms with Gasteiger partial charge in [-0.25, -0.2) is 0 Å². The van der Waals surface area contributed by atoms with Gasteiger partial charge in [-0.15, -0.1) is 0 Å². The number of aromatic amines is 1. The molecule has 2 aromatic carbocycles. The molecule has 160 valence electrons. The molecule has 0 bridgehead atoms. The summed E-state index contributed by atoms with van der Waals surface area (Å²) < 4.78 is 11.4. The van der Waals surface area contributed by atoms with E-state index in [1.165, 1.54) is 5.56 Å². The van der Waals surface area contributed by atoms with Crippen LogP contribution in [0.4, 0.5) is 5.69 Å². The van der Waals surface area contributed by atoms with Gasteiger partial charge in [0.25, 0.3) is 5.56 Å². The van der Waals surface area contributed by atoms with Gasteiger partial charge in [0.1, 0.15) is 17.0 Å². The molecule has 0 amide bonds. The number of ether oxygens (including phenoxy) is 1. The van der Waals surface area contributed by atoms with Crippen LogP contribution in [0.25, 0.3) is 22.0 Å². The van der Waals surface area contributed by atoms with Crippen LogP contribution in [-0.2, 0) is 7.05 Å². The van der Waals surface area contributed by atoms with Gasteiger partial charge in [-0.1, -0.05) is 44.9 Å². The number of anilines is 1. The highest BCUT2D eigenvalue weighted by atomic mass is 32.2. The van der Waals surface area contributed by atoms with Crippen LogP contribution in [0.1, 0.15) is 32.3 Å². The Morgan fingerprint density at radius 1 is 1.13 bits per heavy atom. The predicted molar refractivity (Wildman–Crippen MR) is 131 cm³/mol. The lowest BCUT2D eigenvalue weighted by atomic mass is 10.0. The minimum Gasteiger partial charge on any atom is -0.457 e. The van der Waals surface area contributed by atoms with E-state index in [1.54, 1.807) is 29.8 Å². The van der Waals surface area contributed by atoms with Crippen LogP contribution >= 0.6 is 11.9 Å². The van der Waals surface area contributed by atoms with Crippen molar-refractivity contribution in [1.29, 1.82) is 0 Å². The SMILES string of the molecule is CCSNc1ccc(Oc2cccc(C(C)C)c2)c(-c2cn(C)c(=O)c3[nH]ccc23)c1. The number of nitrogens with one attached hydrogen (secondary N) is 2. The number of fused-ring (bicyclic) bond motifs is 1. The minimum absolute atomic E-state index is 0.0494. The molecule has 4 rings (SSSR count). The molecule has 31 heavy (non-hydrogen) atoms. The van der Waals surface area contributed by atoms with Crippen molar-refractivity contribution >= 4 is 28.5 Å². The molecular weight excluding hydrogens is 406 g/mol. The van der Waals surface area contributed by atoms with Crippen LogP contribution in [0.5, 0.6) is 11.5 Å². The standard InChI is InChI=1S/C25H27N3O2S/c1-5-31-27-18-9-10-23(30-19-8-6-7-17(13-19)16(2)3)21(14-18)22-15-28(4)25(29)24-20(22)11-12-26-24/h6-16,26-27H,5H2,1-4H3. The maximum absolute atomic E-state index is 12.5. The van der Waals surface area contributed by atoms with Gasteiger partial charge in [0.2, 0.25) is 0 Å². The molecule has 0 saturated carbocycles. The Morgan fingerprint density at radius 2 is 1.97 bits per heavy atom. The molecule has 0 aliphatic carbocycles. The smallest absolute Gasteiger partial charge is 0.274 e. The molecule has 0 radical (unpaired) electrons. The third-order valence-corrected chi connectivity index (χ3v) is 5.92. The van der Waals surface area contributed by atoms with E-state index in [9.17, 15) is 4.79 Å². The summed E-state index contributed by atoms with van der Waals surface area (Å²) in [5, 5.41) is 0.879. The molecular formula is C25H27N3O2S. The molecule has 6 heteroatoms. The van der Waals surface area contributed by atoms with E-state index < -0.39 is 0 Å². The third kappa shape index (κ3) is 4.35. The number of H-pyrrole nitrogens is 1. The fraction of sp³-hybridized carbons (Fsp3) is 0.240. The molecule has 2 N–H and O–H groups in total. The van der Waals surface area contributed by atoms with Crippen molar-refractivity contribution in [3.63, 3.8) is 0 Å². The maximum atomic E-state index is 12.5. The lowest BCUT2D eigenvalue weighted by molar-refractivity contribution is 0.483. The second-order valence-corrected chi connectivity index (χ2v) is 8.87. The number of nitrogens with zero attached hydrogens (tertiary/aromatic N) is 1. The monoisotopic (exact) mass is 433 g/mol. The van der Waals surface area contributed by atoms with Crippen molar-refractivity contribution in [1.82, 2.24) is 9.55 Å². The number of pyridine rings is 1. The highest BCUT2D eigenvalue weighted by molar-refractivity contribution is 8.00. The van der Waals surface area contributed by atoms with E-state index >= 15 is 0 Å². The number of hydrogen-bond acceptors (Lipinski definition) is 4. The highest BCUT2D eigenvalue weighted by Gasteiger charge is 2.16. The van der Waals surface area contributed by atoms with Crippen LogP contribution in [0.15, 0.2) is 65.7 Å². The number of benzene rings is 2. The van der Waals surface area contributed by atoms with Gasteiger partial charge in [0, 0.05) is 47.4 Å². The molecule has 0 atom stereocenters. The number of aromatic nitrogens is 2. The predicted octanol–water partition coefficient (Wildman–Crippen LogP) is 6.53. The van der Waals surface area contributed by atoms with Gasteiger partial charge in [-0.3, -0.25) is 4.79 Å². The first-order valence-corrected chi connectivity index (χ1v) is 11.4. The molecule has 0 spiro atoms. The Morgan fingerprint density at radius 3 is 2.74 bits per heavy atom. The Balaban J connectivity index is 1.86. The molecule has 4 aromatic rings. The van der Waals surface area contributed by atoms with Gasteiger partial charge >= 0.3 is 0 Å². The van der Waals surface area contributed by atoms with E-state index in [4.69, 9.17) is 4.74 Å². The summed E-state index contributed by atoms with van der Waals surface area (Å²) in [6.07, 6.45) is 3.68. The van der Waals surface area contributed by atoms with Gasteiger partial charge in [0.15, 0.2) is 0 Å². The molecule has 0 saturated heterocycles. The van der Waals surface area contributed by atoms with Gasteiger partial charge in [0.05, 0.1) is 0 Å². The minimum atomic E-state index is -0.0494.